The highest BCUT2D eigenvalue weighted by atomic mass is 16.6. The Kier molecular flexibility index (Phi) is 5.85. The number of benzene rings is 3. The molecule has 0 radical (unpaired) electrons. The van der Waals surface area contributed by atoms with E-state index in [0.29, 0.717) is 24.0 Å². The Hall–Kier alpha value is -3.86. The lowest BCUT2D eigenvalue weighted by Crippen LogP contribution is -2.05. The van der Waals surface area contributed by atoms with Crippen LogP contribution in [-0.2, 0) is 16.1 Å². The number of carbonyl (C=O) groups excluding carboxylic acids is 1. The summed E-state index contributed by atoms with van der Waals surface area (Å²) in [6.07, 6.45) is 1.68. The summed E-state index contributed by atoms with van der Waals surface area (Å²) in [7, 11) is 1.59. The van der Waals surface area contributed by atoms with E-state index in [2.05, 4.69) is 18.0 Å². The molecule has 0 N–H and O–H groups in total. The van der Waals surface area contributed by atoms with E-state index in [4.69, 9.17) is 14.2 Å². The average molecular weight is 413 g/mol. The van der Waals surface area contributed by atoms with E-state index in [9.17, 15) is 4.79 Å². The van der Waals surface area contributed by atoms with E-state index in [1.165, 1.54) is 5.56 Å². The summed E-state index contributed by atoms with van der Waals surface area (Å²) >= 11 is 0. The number of cyclic esters (lactones) is 1. The van der Waals surface area contributed by atoms with Crippen LogP contribution >= 0.6 is 0 Å². The Morgan fingerprint density at radius 3 is 2.48 bits per heavy atom. The van der Waals surface area contributed by atoms with Gasteiger partial charge in [-0.3, -0.25) is 0 Å². The number of carbonyl (C=O) groups is 1. The summed E-state index contributed by atoms with van der Waals surface area (Å²) in [5.74, 6) is 1.04. The molecule has 0 saturated carbocycles. The van der Waals surface area contributed by atoms with Gasteiger partial charge in [0.25, 0.3) is 0 Å². The summed E-state index contributed by atoms with van der Waals surface area (Å²) in [5.41, 5.74) is 5.18. The van der Waals surface area contributed by atoms with Gasteiger partial charge in [-0.15, -0.1) is 0 Å². The molecule has 5 nitrogen and oxygen atoms in total. The van der Waals surface area contributed by atoms with Crippen molar-refractivity contribution in [2.45, 2.75) is 20.5 Å². The highest BCUT2D eigenvalue weighted by Crippen LogP contribution is 2.30. The quantitative estimate of drug-likeness (QED) is 0.410. The molecule has 1 aliphatic heterocycles. The minimum absolute atomic E-state index is 0.242. The second-order valence-corrected chi connectivity index (χ2v) is 7.33. The van der Waals surface area contributed by atoms with E-state index in [-0.39, 0.29) is 5.70 Å². The number of aliphatic imine (C=N–C) groups is 1. The maximum absolute atomic E-state index is 12.3. The molecule has 1 heterocycles. The molecule has 3 aromatic rings. The Morgan fingerprint density at radius 1 is 0.968 bits per heavy atom. The highest BCUT2D eigenvalue weighted by Gasteiger charge is 2.24. The Balaban J connectivity index is 1.54. The lowest BCUT2D eigenvalue weighted by Gasteiger charge is -2.12. The molecular weight excluding hydrogens is 390 g/mol. The molecule has 0 spiro atoms. The predicted octanol–water partition coefficient (Wildman–Crippen LogP) is 5.24. The first-order valence-electron chi connectivity index (χ1n) is 9.98. The van der Waals surface area contributed by atoms with Gasteiger partial charge in [0.15, 0.2) is 17.2 Å². The van der Waals surface area contributed by atoms with E-state index in [0.717, 1.165) is 22.3 Å². The number of hydrogen-bond acceptors (Lipinski definition) is 5. The van der Waals surface area contributed by atoms with E-state index < -0.39 is 5.97 Å². The van der Waals surface area contributed by atoms with Crippen molar-refractivity contribution in [3.05, 3.63) is 100 Å². The van der Waals surface area contributed by atoms with Crippen LogP contribution in [0.4, 0.5) is 0 Å². The zero-order chi connectivity index (χ0) is 21.8. The van der Waals surface area contributed by atoms with Crippen LogP contribution in [0, 0.1) is 13.8 Å². The Labute approximate surface area is 181 Å². The maximum Gasteiger partial charge on any atom is 0.363 e. The number of rotatable bonds is 6. The average Bonchev–Trinajstić information content (AvgIpc) is 3.14. The van der Waals surface area contributed by atoms with Gasteiger partial charge in [0.05, 0.1) is 7.11 Å². The van der Waals surface area contributed by atoms with Gasteiger partial charge in [0, 0.05) is 5.56 Å². The first-order chi connectivity index (χ1) is 15.0. The van der Waals surface area contributed by atoms with Crippen molar-refractivity contribution in [2.75, 3.05) is 7.11 Å². The number of ether oxygens (including phenoxy) is 3. The molecule has 31 heavy (non-hydrogen) atoms. The molecule has 0 unspecified atom stereocenters. The molecule has 3 aromatic carbocycles. The number of nitrogens with zero attached hydrogens (tertiary/aromatic N) is 1. The molecular formula is C26H23NO4. The predicted molar refractivity (Wildman–Crippen MR) is 120 cm³/mol. The van der Waals surface area contributed by atoms with Crippen molar-refractivity contribution < 1.29 is 19.0 Å². The third kappa shape index (κ3) is 4.67. The van der Waals surface area contributed by atoms with Gasteiger partial charge >= 0.3 is 5.97 Å². The van der Waals surface area contributed by atoms with Gasteiger partial charge in [-0.05, 0) is 60.9 Å². The lowest BCUT2D eigenvalue weighted by atomic mass is 10.1. The summed E-state index contributed by atoms with van der Waals surface area (Å²) < 4.78 is 16.8. The van der Waals surface area contributed by atoms with Gasteiger partial charge in [-0.25, -0.2) is 9.79 Å². The fourth-order valence-electron chi connectivity index (χ4n) is 3.21. The van der Waals surface area contributed by atoms with Gasteiger partial charge < -0.3 is 14.2 Å². The molecule has 0 amide bonds. The first kappa shape index (κ1) is 20.4. The van der Waals surface area contributed by atoms with Crippen molar-refractivity contribution in [3.8, 4) is 11.5 Å². The molecule has 0 atom stereocenters. The largest absolute Gasteiger partial charge is 0.493 e. The maximum atomic E-state index is 12.3. The highest BCUT2D eigenvalue weighted by molar-refractivity contribution is 6.12. The molecule has 0 aromatic heterocycles. The van der Waals surface area contributed by atoms with Crippen LogP contribution in [0.2, 0.25) is 0 Å². The molecule has 0 saturated heterocycles. The number of esters is 1. The van der Waals surface area contributed by atoms with Crippen molar-refractivity contribution in [1.29, 1.82) is 0 Å². The summed E-state index contributed by atoms with van der Waals surface area (Å²) in [5, 5.41) is 0. The number of hydrogen-bond donors (Lipinski definition) is 0. The molecule has 156 valence electrons. The van der Waals surface area contributed by atoms with Gasteiger partial charge in [0.2, 0.25) is 5.90 Å². The fourth-order valence-corrected chi connectivity index (χ4v) is 3.21. The SMILES string of the molecule is COc1cc(C=C2N=C(c3ccc(C)cc3)OC2=O)ccc1OCc1ccccc1C. The topological polar surface area (TPSA) is 57.1 Å². The molecule has 1 aliphatic rings. The van der Waals surface area contributed by atoms with Crippen LogP contribution in [0.5, 0.6) is 11.5 Å². The third-order valence-electron chi connectivity index (χ3n) is 5.05. The normalized spacial score (nSPS) is 14.4. The zero-order valence-electron chi connectivity index (χ0n) is 17.7. The zero-order valence-corrected chi connectivity index (χ0v) is 17.7. The van der Waals surface area contributed by atoms with Crippen LogP contribution in [-0.4, -0.2) is 19.0 Å². The van der Waals surface area contributed by atoms with Gasteiger partial charge in [0.1, 0.15) is 6.61 Å². The summed E-state index contributed by atoms with van der Waals surface area (Å²) in [6.45, 7) is 4.50. The monoisotopic (exact) mass is 413 g/mol. The minimum atomic E-state index is -0.477. The third-order valence-corrected chi connectivity index (χ3v) is 5.05. The van der Waals surface area contributed by atoms with Crippen LogP contribution in [0.25, 0.3) is 6.08 Å². The molecule has 0 bridgehead atoms. The van der Waals surface area contributed by atoms with Crippen molar-refractivity contribution in [3.63, 3.8) is 0 Å². The van der Waals surface area contributed by atoms with E-state index in [1.807, 2.05) is 67.6 Å². The Morgan fingerprint density at radius 2 is 1.74 bits per heavy atom. The van der Waals surface area contributed by atoms with E-state index >= 15 is 0 Å². The second kappa shape index (κ2) is 8.88. The minimum Gasteiger partial charge on any atom is -0.493 e. The van der Waals surface area contributed by atoms with E-state index in [1.54, 1.807) is 13.2 Å². The lowest BCUT2D eigenvalue weighted by molar-refractivity contribution is -0.129. The first-order valence-corrected chi connectivity index (χ1v) is 9.98. The van der Waals surface area contributed by atoms with Crippen molar-refractivity contribution >= 4 is 17.9 Å². The molecule has 0 fully saturated rings. The fraction of sp³-hybridized carbons (Fsp3) is 0.154. The smallest absolute Gasteiger partial charge is 0.363 e. The Bertz CT molecular complexity index is 1180. The molecule has 4 rings (SSSR count). The number of methoxy groups -OCH3 is 1. The standard InChI is InChI=1S/C26H23NO4/c1-17-8-11-20(12-9-17)25-27-22(26(28)31-25)14-19-10-13-23(24(15-19)29-3)30-16-21-7-5-4-6-18(21)2/h4-15H,16H2,1-3H3. The van der Waals surface area contributed by atoms with Crippen LogP contribution in [0.3, 0.4) is 0 Å². The van der Waals surface area contributed by atoms with Crippen LogP contribution < -0.4 is 9.47 Å². The van der Waals surface area contributed by atoms with Crippen molar-refractivity contribution in [2.24, 2.45) is 4.99 Å². The summed E-state index contributed by atoms with van der Waals surface area (Å²) in [6, 6.07) is 21.3. The number of aryl methyl sites for hydroxylation is 2. The second-order valence-electron chi connectivity index (χ2n) is 7.33. The van der Waals surface area contributed by atoms with Crippen molar-refractivity contribution in [1.82, 2.24) is 0 Å². The molecule has 0 aliphatic carbocycles. The van der Waals surface area contributed by atoms with Crippen LogP contribution in [0.15, 0.2) is 77.4 Å². The molecule has 5 heteroatoms. The van der Waals surface area contributed by atoms with Gasteiger partial charge in [-0.1, -0.05) is 48.0 Å². The van der Waals surface area contributed by atoms with Crippen LogP contribution in [0.1, 0.15) is 27.8 Å². The van der Waals surface area contributed by atoms with Gasteiger partial charge in [-0.2, -0.15) is 0 Å². The summed E-state index contributed by atoms with van der Waals surface area (Å²) in [4.78, 5) is 16.6.